The summed E-state index contributed by atoms with van der Waals surface area (Å²) in [6.07, 6.45) is 0. The molecule has 1 aromatic carbocycles. The fraction of sp³-hybridized carbons (Fsp3) is 0.0714. The summed E-state index contributed by atoms with van der Waals surface area (Å²) >= 11 is 0.844. The summed E-state index contributed by atoms with van der Waals surface area (Å²) in [5, 5.41) is 13.1. The van der Waals surface area contributed by atoms with E-state index in [2.05, 4.69) is 17.2 Å². The molecule has 0 bridgehead atoms. The molecule has 0 aliphatic heterocycles. The van der Waals surface area contributed by atoms with Crippen LogP contribution in [0.3, 0.4) is 0 Å². The van der Waals surface area contributed by atoms with Gasteiger partial charge in [0.2, 0.25) is 0 Å². The second-order valence-electron chi connectivity index (χ2n) is 3.75. The second kappa shape index (κ2) is 6.50. The highest BCUT2D eigenvalue weighted by Crippen LogP contribution is 2.23. The quantitative estimate of drug-likeness (QED) is 0.535. The first kappa shape index (κ1) is 13.8. The molecule has 20 heavy (non-hydrogen) atoms. The van der Waals surface area contributed by atoms with Crippen molar-refractivity contribution in [1.82, 2.24) is 5.32 Å². The number of rotatable bonds is 3. The van der Waals surface area contributed by atoms with Crippen LogP contribution in [-0.2, 0) is 0 Å². The molecule has 0 spiro atoms. The van der Waals surface area contributed by atoms with Crippen molar-refractivity contribution in [2.75, 3.05) is 6.54 Å². The summed E-state index contributed by atoms with van der Waals surface area (Å²) < 4.78 is 0. The van der Waals surface area contributed by atoms with Gasteiger partial charge in [-0.15, -0.1) is 0 Å². The summed E-state index contributed by atoms with van der Waals surface area (Å²) in [5.74, 6) is 5.37. The van der Waals surface area contributed by atoms with Gasteiger partial charge in [0.25, 0.3) is 5.91 Å². The smallest absolute Gasteiger partial charge is 0.324 e. The van der Waals surface area contributed by atoms with Crippen LogP contribution in [0, 0.1) is 22.0 Å². The Morgan fingerprint density at radius 2 is 2.00 bits per heavy atom. The maximum Gasteiger partial charge on any atom is 0.324 e. The summed E-state index contributed by atoms with van der Waals surface area (Å²) in [7, 11) is 0. The van der Waals surface area contributed by atoms with Crippen LogP contribution in [0.4, 0.5) is 5.00 Å². The molecule has 100 valence electrons. The highest BCUT2D eigenvalue weighted by molar-refractivity contribution is 7.17. The lowest BCUT2D eigenvalue weighted by atomic mass is 10.2. The first-order chi connectivity index (χ1) is 9.66. The van der Waals surface area contributed by atoms with Crippen molar-refractivity contribution >= 4 is 22.2 Å². The van der Waals surface area contributed by atoms with Crippen LogP contribution in [0.5, 0.6) is 0 Å². The molecular formula is C14H10N2O3S. The lowest BCUT2D eigenvalue weighted by Gasteiger charge is -1.96. The van der Waals surface area contributed by atoms with E-state index in [1.165, 1.54) is 12.1 Å². The predicted molar refractivity (Wildman–Crippen MR) is 76.6 cm³/mol. The molecule has 5 nitrogen and oxygen atoms in total. The third-order valence-corrected chi connectivity index (χ3v) is 3.38. The monoisotopic (exact) mass is 286 g/mol. The number of carbonyl (C=O) groups is 1. The Bertz CT molecular complexity index is 683. The van der Waals surface area contributed by atoms with Crippen molar-refractivity contribution in [3.63, 3.8) is 0 Å². The van der Waals surface area contributed by atoms with Gasteiger partial charge in [0.15, 0.2) is 0 Å². The van der Waals surface area contributed by atoms with Crippen molar-refractivity contribution < 1.29 is 9.72 Å². The van der Waals surface area contributed by atoms with Gasteiger partial charge in [0.1, 0.15) is 0 Å². The Labute approximate surface area is 119 Å². The third-order valence-electron chi connectivity index (χ3n) is 2.34. The van der Waals surface area contributed by atoms with Gasteiger partial charge < -0.3 is 5.32 Å². The van der Waals surface area contributed by atoms with E-state index in [0.29, 0.717) is 4.88 Å². The molecule has 0 radical (unpaired) electrons. The number of amides is 1. The maximum atomic E-state index is 11.7. The van der Waals surface area contributed by atoms with E-state index in [1.54, 1.807) is 0 Å². The normalized spacial score (nSPS) is 9.40. The molecule has 0 saturated carbocycles. The van der Waals surface area contributed by atoms with Crippen LogP contribution < -0.4 is 5.32 Å². The minimum absolute atomic E-state index is 0.0504. The third kappa shape index (κ3) is 3.67. The number of nitro groups is 1. The van der Waals surface area contributed by atoms with Gasteiger partial charge in [0, 0.05) is 11.6 Å². The number of nitrogens with one attached hydrogen (secondary N) is 1. The molecule has 2 rings (SSSR count). The van der Waals surface area contributed by atoms with Gasteiger partial charge in [-0.25, -0.2) is 0 Å². The van der Waals surface area contributed by atoms with E-state index in [9.17, 15) is 14.9 Å². The Kier molecular flexibility index (Phi) is 4.47. The minimum atomic E-state index is -0.517. The van der Waals surface area contributed by atoms with Gasteiger partial charge in [-0.3, -0.25) is 14.9 Å². The fourth-order valence-corrected chi connectivity index (χ4v) is 2.16. The lowest BCUT2D eigenvalue weighted by molar-refractivity contribution is -0.380. The molecule has 0 aliphatic rings. The average Bonchev–Trinajstić information content (AvgIpc) is 2.94. The number of benzene rings is 1. The zero-order chi connectivity index (χ0) is 14.4. The molecule has 0 unspecified atom stereocenters. The molecule has 1 amide bonds. The van der Waals surface area contributed by atoms with Crippen molar-refractivity contribution in [2.45, 2.75) is 0 Å². The van der Waals surface area contributed by atoms with Crippen LogP contribution in [0.25, 0.3) is 0 Å². The topological polar surface area (TPSA) is 72.2 Å². The average molecular weight is 286 g/mol. The highest BCUT2D eigenvalue weighted by atomic mass is 32.1. The number of thiophene rings is 1. The van der Waals surface area contributed by atoms with Crippen LogP contribution in [0.2, 0.25) is 0 Å². The predicted octanol–water partition coefficient (Wildman–Crippen LogP) is 2.44. The Balaban J connectivity index is 1.89. The zero-order valence-electron chi connectivity index (χ0n) is 10.3. The molecule has 0 atom stereocenters. The molecule has 1 N–H and O–H groups in total. The highest BCUT2D eigenvalue weighted by Gasteiger charge is 2.14. The van der Waals surface area contributed by atoms with Crippen molar-refractivity contribution in [2.24, 2.45) is 0 Å². The molecule has 6 heteroatoms. The molecule has 1 aromatic heterocycles. The molecule has 0 fully saturated rings. The Morgan fingerprint density at radius 1 is 1.25 bits per heavy atom. The minimum Gasteiger partial charge on any atom is -0.340 e. The Hall–Kier alpha value is -2.65. The zero-order valence-corrected chi connectivity index (χ0v) is 11.1. The molecule has 1 heterocycles. The maximum absolute atomic E-state index is 11.7. The van der Waals surface area contributed by atoms with Gasteiger partial charge in [-0.1, -0.05) is 41.4 Å². The van der Waals surface area contributed by atoms with Gasteiger partial charge in [-0.05, 0) is 18.2 Å². The molecular weight excluding hydrogens is 276 g/mol. The number of nitrogens with zero attached hydrogens (tertiary/aromatic N) is 1. The van der Waals surface area contributed by atoms with Crippen LogP contribution in [0.1, 0.15) is 15.2 Å². The van der Waals surface area contributed by atoms with E-state index in [0.717, 1.165) is 16.9 Å². The number of hydrogen-bond donors (Lipinski definition) is 1. The summed E-state index contributed by atoms with van der Waals surface area (Å²) in [6.45, 7) is 0.194. The van der Waals surface area contributed by atoms with E-state index in [-0.39, 0.29) is 17.5 Å². The summed E-state index contributed by atoms with van der Waals surface area (Å²) in [4.78, 5) is 22.0. The second-order valence-corrected chi connectivity index (χ2v) is 4.81. The summed E-state index contributed by atoms with van der Waals surface area (Å²) in [5.41, 5.74) is 0.869. The van der Waals surface area contributed by atoms with Crippen LogP contribution >= 0.6 is 11.3 Å². The molecule has 0 saturated heterocycles. The SMILES string of the molecule is O=C(NCC#Cc1ccccc1)c1ccc([N+](=O)[O-])s1. The van der Waals surface area contributed by atoms with Gasteiger partial charge in [-0.2, -0.15) is 0 Å². The largest absolute Gasteiger partial charge is 0.340 e. The van der Waals surface area contributed by atoms with Crippen molar-refractivity contribution in [1.29, 1.82) is 0 Å². The lowest BCUT2D eigenvalue weighted by Crippen LogP contribution is -2.22. The first-order valence-corrected chi connectivity index (χ1v) is 6.55. The van der Waals surface area contributed by atoms with Crippen LogP contribution in [0.15, 0.2) is 42.5 Å². The van der Waals surface area contributed by atoms with E-state index in [4.69, 9.17) is 0 Å². The van der Waals surface area contributed by atoms with Gasteiger partial charge in [0.05, 0.1) is 16.3 Å². The Morgan fingerprint density at radius 3 is 2.65 bits per heavy atom. The molecule has 0 aliphatic carbocycles. The van der Waals surface area contributed by atoms with E-state index < -0.39 is 4.92 Å². The fourth-order valence-electron chi connectivity index (χ4n) is 1.43. The molecule has 2 aromatic rings. The number of carbonyl (C=O) groups excluding carboxylic acids is 1. The first-order valence-electron chi connectivity index (χ1n) is 5.73. The number of hydrogen-bond acceptors (Lipinski definition) is 4. The van der Waals surface area contributed by atoms with Crippen LogP contribution in [-0.4, -0.2) is 17.4 Å². The van der Waals surface area contributed by atoms with E-state index in [1.807, 2.05) is 30.3 Å². The summed E-state index contributed by atoms with van der Waals surface area (Å²) in [6, 6.07) is 12.2. The van der Waals surface area contributed by atoms with Gasteiger partial charge >= 0.3 is 5.00 Å². The standard InChI is InChI=1S/C14H10N2O3S/c17-14(12-8-9-13(20-12)16(18)19)15-10-4-7-11-5-2-1-3-6-11/h1-3,5-6,8-9H,10H2,(H,15,17). The van der Waals surface area contributed by atoms with Crippen molar-refractivity contribution in [3.8, 4) is 11.8 Å². The van der Waals surface area contributed by atoms with Crippen molar-refractivity contribution in [3.05, 3.63) is 63.0 Å². The van der Waals surface area contributed by atoms with E-state index >= 15 is 0 Å².